The number of amides is 1. The standard InChI is InChI=1S/C30H24FN5O3/c1-15-17(5-4-6-24(15)36-14-34-22-10-7-16(31)11-21(22)29(36)38)18-8-9-19(28(32)37)27-26(18)20-12-25(30(2,3)39)33-13-23(20)35-27/h4-14,35,39H,1-3H3,(H2,32,37). The molecule has 6 aromatic rings. The van der Waals surface area contributed by atoms with Crippen LogP contribution < -0.4 is 11.3 Å². The van der Waals surface area contributed by atoms with Gasteiger partial charge in [0.25, 0.3) is 11.5 Å². The third-order valence-electron chi connectivity index (χ3n) is 7.11. The molecular weight excluding hydrogens is 497 g/mol. The average molecular weight is 522 g/mol. The van der Waals surface area contributed by atoms with E-state index in [-0.39, 0.29) is 10.9 Å². The van der Waals surface area contributed by atoms with Crippen molar-refractivity contribution in [1.82, 2.24) is 19.5 Å². The van der Waals surface area contributed by atoms with Crippen LogP contribution in [0.5, 0.6) is 0 Å². The third-order valence-corrected chi connectivity index (χ3v) is 7.11. The highest BCUT2D eigenvalue weighted by Gasteiger charge is 2.23. The minimum Gasteiger partial charge on any atom is -0.384 e. The average Bonchev–Trinajstić information content (AvgIpc) is 3.28. The molecule has 0 aliphatic rings. The van der Waals surface area contributed by atoms with Crippen LogP contribution >= 0.6 is 0 Å². The molecule has 6 rings (SSSR count). The summed E-state index contributed by atoms with van der Waals surface area (Å²) < 4.78 is 15.3. The highest BCUT2D eigenvalue weighted by molar-refractivity contribution is 6.20. The number of carbonyl (C=O) groups is 1. The van der Waals surface area contributed by atoms with Gasteiger partial charge in [0, 0.05) is 10.8 Å². The molecule has 0 saturated carbocycles. The van der Waals surface area contributed by atoms with Crippen LogP contribution in [0.15, 0.2) is 71.9 Å². The summed E-state index contributed by atoms with van der Waals surface area (Å²) in [6.07, 6.45) is 3.06. The third kappa shape index (κ3) is 3.86. The lowest BCUT2D eigenvalue weighted by Crippen LogP contribution is -2.20. The Balaban J connectivity index is 1.65. The first kappa shape index (κ1) is 24.4. The van der Waals surface area contributed by atoms with Crippen molar-refractivity contribution in [2.24, 2.45) is 5.73 Å². The molecule has 0 aliphatic heterocycles. The maximum atomic E-state index is 13.9. The van der Waals surface area contributed by atoms with Crippen LogP contribution in [0.2, 0.25) is 0 Å². The summed E-state index contributed by atoms with van der Waals surface area (Å²) in [6.45, 7) is 5.19. The Morgan fingerprint density at radius 2 is 1.85 bits per heavy atom. The van der Waals surface area contributed by atoms with E-state index in [1.807, 2.05) is 25.1 Å². The smallest absolute Gasteiger partial charge is 0.265 e. The van der Waals surface area contributed by atoms with Crippen molar-refractivity contribution < 1.29 is 14.3 Å². The number of halogens is 1. The Hall–Kier alpha value is -4.89. The van der Waals surface area contributed by atoms with Gasteiger partial charge < -0.3 is 15.8 Å². The fraction of sp³-hybridized carbons (Fsp3) is 0.133. The molecule has 1 amide bonds. The number of benzene rings is 3. The van der Waals surface area contributed by atoms with Gasteiger partial charge in [-0.3, -0.25) is 19.1 Å². The zero-order valence-corrected chi connectivity index (χ0v) is 21.4. The molecule has 4 N–H and O–H groups in total. The highest BCUT2D eigenvalue weighted by atomic mass is 19.1. The van der Waals surface area contributed by atoms with E-state index in [1.54, 1.807) is 38.2 Å². The van der Waals surface area contributed by atoms with Crippen molar-refractivity contribution in [2.45, 2.75) is 26.4 Å². The van der Waals surface area contributed by atoms with Gasteiger partial charge in [0.15, 0.2) is 0 Å². The minimum absolute atomic E-state index is 0.179. The molecule has 0 unspecified atom stereocenters. The molecule has 3 aromatic carbocycles. The van der Waals surface area contributed by atoms with Gasteiger partial charge in [-0.25, -0.2) is 9.37 Å². The van der Waals surface area contributed by atoms with Crippen LogP contribution in [0.1, 0.15) is 35.5 Å². The summed E-state index contributed by atoms with van der Waals surface area (Å²) in [5.74, 6) is -1.10. The zero-order valence-electron chi connectivity index (χ0n) is 21.4. The SMILES string of the molecule is Cc1c(-c2ccc(C(N)=O)c3[nH]c4cnc(C(C)(C)O)cc4c23)cccc1-n1cnc2ccc(F)cc2c1=O. The van der Waals surface area contributed by atoms with E-state index < -0.39 is 17.3 Å². The topological polar surface area (TPSA) is 127 Å². The number of hydrogen-bond donors (Lipinski definition) is 3. The number of nitrogens with one attached hydrogen (secondary N) is 1. The number of pyridine rings is 1. The summed E-state index contributed by atoms with van der Waals surface area (Å²) in [4.78, 5) is 37.7. The van der Waals surface area contributed by atoms with Crippen molar-refractivity contribution in [3.8, 4) is 16.8 Å². The summed E-state index contributed by atoms with van der Waals surface area (Å²) in [6, 6.07) is 14.8. The van der Waals surface area contributed by atoms with Crippen molar-refractivity contribution in [3.05, 3.63) is 100 Å². The van der Waals surface area contributed by atoms with E-state index in [0.29, 0.717) is 33.5 Å². The maximum absolute atomic E-state index is 13.9. The van der Waals surface area contributed by atoms with Gasteiger partial charge in [0.1, 0.15) is 17.7 Å². The number of carbonyl (C=O) groups excluding carboxylic acids is 1. The van der Waals surface area contributed by atoms with Crippen molar-refractivity contribution in [3.63, 3.8) is 0 Å². The number of aliphatic hydroxyl groups is 1. The molecule has 0 fully saturated rings. The van der Waals surface area contributed by atoms with Crippen molar-refractivity contribution in [1.29, 1.82) is 0 Å². The molecule has 0 atom stereocenters. The first-order valence-corrected chi connectivity index (χ1v) is 12.3. The predicted molar refractivity (Wildman–Crippen MR) is 148 cm³/mol. The molecular formula is C30H24FN5O3. The molecule has 3 heterocycles. The summed E-state index contributed by atoms with van der Waals surface area (Å²) >= 11 is 0. The van der Waals surface area contributed by atoms with Gasteiger partial charge in [-0.1, -0.05) is 18.2 Å². The van der Waals surface area contributed by atoms with Crippen LogP contribution in [0, 0.1) is 12.7 Å². The van der Waals surface area contributed by atoms with Crippen molar-refractivity contribution >= 4 is 38.6 Å². The number of aromatic amines is 1. The Morgan fingerprint density at radius 3 is 2.59 bits per heavy atom. The molecule has 194 valence electrons. The summed E-state index contributed by atoms with van der Waals surface area (Å²) in [5, 5.41) is 12.3. The fourth-order valence-corrected chi connectivity index (χ4v) is 5.12. The number of fused-ring (bicyclic) bond motifs is 4. The zero-order chi connectivity index (χ0) is 27.6. The normalized spacial score (nSPS) is 12.0. The monoisotopic (exact) mass is 521 g/mol. The van der Waals surface area contributed by atoms with Gasteiger partial charge in [-0.15, -0.1) is 0 Å². The second kappa shape index (κ2) is 8.57. The number of aromatic nitrogens is 4. The van der Waals surface area contributed by atoms with E-state index in [1.165, 1.54) is 29.1 Å². The van der Waals surface area contributed by atoms with Gasteiger partial charge in [-0.05, 0) is 73.9 Å². The molecule has 0 spiro atoms. The lowest BCUT2D eigenvalue weighted by Gasteiger charge is -2.17. The number of primary amides is 1. The second-order valence-corrected chi connectivity index (χ2v) is 10.1. The van der Waals surface area contributed by atoms with Gasteiger partial charge >= 0.3 is 0 Å². The van der Waals surface area contributed by atoms with Gasteiger partial charge in [-0.2, -0.15) is 0 Å². The molecule has 0 radical (unpaired) electrons. The first-order chi connectivity index (χ1) is 18.5. The Bertz CT molecular complexity index is 2040. The molecule has 0 aliphatic carbocycles. The van der Waals surface area contributed by atoms with Crippen LogP contribution in [0.3, 0.4) is 0 Å². The van der Waals surface area contributed by atoms with Crippen LogP contribution in [0.4, 0.5) is 4.39 Å². The lowest BCUT2D eigenvalue weighted by molar-refractivity contribution is 0.0740. The largest absolute Gasteiger partial charge is 0.384 e. The first-order valence-electron chi connectivity index (χ1n) is 12.3. The molecule has 0 bridgehead atoms. The van der Waals surface area contributed by atoms with Gasteiger partial charge in [0.05, 0.1) is 45.1 Å². The summed E-state index contributed by atoms with van der Waals surface area (Å²) in [5.41, 5.74) is 9.53. The number of rotatable bonds is 4. The van der Waals surface area contributed by atoms with Crippen LogP contribution in [0.25, 0.3) is 49.5 Å². The number of nitrogens with two attached hydrogens (primary N) is 1. The lowest BCUT2D eigenvalue weighted by atomic mass is 9.92. The molecule has 39 heavy (non-hydrogen) atoms. The van der Waals surface area contributed by atoms with E-state index in [9.17, 15) is 19.1 Å². The van der Waals surface area contributed by atoms with Crippen LogP contribution in [-0.4, -0.2) is 30.5 Å². The molecule has 0 saturated heterocycles. The highest BCUT2D eigenvalue weighted by Crippen LogP contribution is 2.39. The maximum Gasteiger partial charge on any atom is 0.265 e. The quantitative estimate of drug-likeness (QED) is 0.306. The Morgan fingerprint density at radius 1 is 1.05 bits per heavy atom. The van der Waals surface area contributed by atoms with E-state index >= 15 is 0 Å². The number of nitrogens with zero attached hydrogens (tertiary/aromatic N) is 3. The number of H-pyrrole nitrogens is 1. The second-order valence-electron chi connectivity index (χ2n) is 10.1. The van der Waals surface area contributed by atoms with E-state index in [4.69, 9.17) is 5.73 Å². The Kier molecular flexibility index (Phi) is 5.37. The summed E-state index contributed by atoms with van der Waals surface area (Å²) in [7, 11) is 0. The van der Waals surface area contributed by atoms with Crippen LogP contribution in [-0.2, 0) is 5.60 Å². The number of hydrogen-bond acceptors (Lipinski definition) is 5. The van der Waals surface area contributed by atoms with Crippen molar-refractivity contribution in [2.75, 3.05) is 0 Å². The molecule has 9 heteroatoms. The predicted octanol–water partition coefficient (Wildman–Crippen LogP) is 4.86. The fourth-order valence-electron chi connectivity index (χ4n) is 5.12. The van der Waals surface area contributed by atoms with Gasteiger partial charge in [0.2, 0.25) is 0 Å². The van der Waals surface area contributed by atoms with E-state index in [0.717, 1.165) is 27.5 Å². The molecule has 8 nitrogen and oxygen atoms in total. The molecule has 3 aromatic heterocycles. The minimum atomic E-state index is -1.18. The van der Waals surface area contributed by atoms with E-state index in [2.05, 4.69) is 15.0 Å². The Labute approximate surface area is 221 Å².